The van der Waals surface area contributed by atoms with Crippen molar-refractivity contribution in [2.45, 2.75) is 78.2 Å². The number of anilines is 1. The molecule has 0 bridgehead atoms. The van der Waals surface area contributed by atoms with Gasteiger partial charge >= 0.3 is 18.2 Å². The number of rotatable bonds is 10. The number of ether oxygens (including phenoxy) is 2. The number of aromatic nitrogens is 2. The number of alkyl halides is 3. The molecular formula is C36H40BrF3N6O7. The van der Waals surface area contributed by atoms with Crippen LogP contribution < -0.4 is 16.6 Å². The van der Waals surface area contributed by atoms with Gasteiger partial charge in [0.05, 0.1) is 23.5 Å². The molecule has 3 amide bonds. The van der Waals surface area contributed by atoms with E-state index in [-0.39, 0.29) is 52.2 Å². The molecule has 0 saturated carbocycles. The molecule has 0 fully saturated rings. The Bertz CT molecular complexity index is 1970. The number of amides is 3. The Morgan fingerprint density at radius 1 is 1.08 bits per heavy atom. The fourth-order valence-electron chi connectivity index (χ4n) is 5.36. The molecule has 53 heavy (non-hydrogen) atoms. The number of imide groups is 1. The zero-order valence-electron chi connectivity index (χ0n) is 29.9. The highest BCUT2D eigenvalue weighted by molar-refractivity contribution is 9.10. The third-order valence-corrected chi connectivity index (χ3v) is 9.29. The number of hydrogen-bond acceptors (Lipinski definition) is 10. The van der Waals surface area contributed by atoms with Crippen LogP contribution in [-0.2, 0) is 33.4 Å². The van der Waals surface area contributed by atoms with E-state index >= 15 is 0 Å². The van der Waals surface area contributed by atoms with Gasteiger partial charge in [0.1, 0.15) is 6.04 Å². The van der Waals surface area contributed by atoms with Crippen LogP contribution in [0.1, 0.15) is 72.2 Å². The molecular weight excluding hydrogens is 765 g/mol. The standard InChI is InChI=1S/C36H40BrF3N6O7/c1-8-19(4)42-34-43-28-17-45(31(48)23-11-14-27(37)26(16-23)36(38,39)40)20(5)15-25(28)32(49)46(34)24-12-9-22(10-13-24)30(47)44(7)35(51)53-21(6)52-33(50)29(41)18(2)3/h8-14,16,18-21,29H,1,15,17,41H2,2-7H3,(H,42,43)/t19-,20+,21+,29-/m0/s1. The lowest BCUT2D eigenvalue weighted by Gasteiger charge is -2.35. The summed E-state index contributed by atoms with van der Waals surface area (Å²) in [5.41, 5.74) is 5.10. The first kappa shape index (κ1) is 40.7. The molecule has 284 valence electrons. The largest absolute Gasteiger partial charge is 0.424 e. The Balaban J connectivity index is 1.60. The molecule has 3 aromatic rings. The Morgan fingerprint density at radius 3 is 2.28 bits per heavy atom. The van der Waals surface area contributed by atoms with Gasteiger partial charge in [0.2, 0.25) is 12.2 Å². The summed E-state index contributed by atoms with van der Waals surface area (Å²) in [5, 5.41) is 3.10. The van der Waals surface area contributed by atoms with Crippen LogP contribution in [-0.4, -0.2) is 74.7 Å². The lowest BCUT2D eigenvalue weighted by molar-refractivity contribution is -0.168. The van der Waals surface area contributed by atoms with Gasteiger partial charge in [-0.2, -0.15) is 13.2 Å². The number of benzene rings is 2. The van der Waals surface area contributed by atoms with E-state index in [0.717, 1.165) is 6.07 Å². The third-order valence-electron chi connectivity index (χ3n) is 8.59. The summed E-state index contributed by atoms with van der Waals surface area (Å²) in [7, 11) is 1.19. The Labute approximate surface area is 312 Å². The van der Waals surface area contributed by atoms with Crippen molar-refractivity contribution in [3.05, 3.63) is 97.9 Å². The van der Waals surface area contributed by atoms with E-state index in [1.54, 1.807) is 33.8 Å². The van der Waals surface area contributed by atoms with Crippen LogP contribution >= 0.6 is 15.9 Å². The van der Waals surface area contributed by atoms with Gasteiger partial charge in [0.15, 0.2) is 0 Å². The van der Waals surface area contributed by atoms with Crippen LogP contribution in [0.4, 0.5) is 23.9 Å². The number of carbonyl (C=O) groups excluding carboxylic acids is 4. The third kappa shape index (κ3) is 9.14. The molecule has 2 aromatic carbocycles. The molecule has 4 atom stereocenters. The van der Waals surface area contributed by atoms with Crippen molar-refractivity contribution in [2.24, 2.45) is 11.7 Å². The van der Waals surface area contributed by atoms with Gasteiger partial charge in [-0.25, -0.2) is 19.2 Å². The maximum absolute atomic E-state index is 14.1. The predicted molar refractivity (Wildman–Crippen MR) is 192 cm³/mol. The predicted octanol–water partition coefficient (Wildman–Crippen LogP) is 5.67. The van der Waals surface area contributed by atoms with E-state index < -0.39 is 59.5 Å². The van der Waals surface area contributed by atoms with E-state index in [2.05, 4.69) is 32.8 Å². The van der Waals surface area contributed by atoms with E-state index in [1.165, 1.54) is 59.8 Å². The summed E-state index contributed by atoms with van der Waals surface area (Å²) in [6.45, 7) is 11.8. The van der Waals surface area contributed by atoms with Gasteiger partial charge in [0.25, 0.3) is 17.4 Å². The van der Waals surface area contributed by atoms with Crippen molar-refractivity contribution in [1.29, 1.82) is 0 Å². The van der Waals surface area contributed by atoms with Gasteiger partial charge in [-0.05, 0) is 68.7 Å². The SMILES string of the molecule is C=C[C@H](C)Nc1nc2c(c(=O)n1-c1ccc(C(=O)N(C)C(=O)O[C@H](C)OC(=O)[C@@H](N)C(C)C)cc1)C[C@@H](C)N(C(=O)c1ccc(Br)c(C(F)(F)F)c1)C2. The summed E-state index contributed by atoms with van der Waals surface area (Å²) < 4.78 is 52.0. The first-order valence-electron chi connectivity index (χ1n) is 16.5. The number of carbonyl (C=O) groups is 4. The monoisotopic (exact) mass is 804 g/mol. The first-order chi connectivity index (χ1) is 24.7. The smallest absolute Gasteiger partial charge is 0.419 e. The minimum absolute atomic E-state index is 0.0630. The fraction of sp³-hybridized carbons (Fsp3) is 0.389. The van der Waals surface area contributed by atoms with Gasteiger partial charge in [-0.1, -0.05) is 35.9 Å². The van der Waals surface area contributed by atoms with Crippen LogP contribution in [0.2, 0.25) is 0 Å². The number of nitrogens with two attached hydrogens (primary N) is 1. The lowest BCUT2D eigenvalue weighted by atomic mass is 9.98. The maximum atomic E-state index is 14.1. The van der Waals surface area contributed by atoms with Crippen molar-refractivity contribution in [3.63, 3.8) is 0 Å². The Kier molecular flexibility index (Phi) is 12.5. The number of nitrogens with zero attached hydrogens (tertiary/aromatic N) is 4. The quantitative estimate of drug-likeness (QED) is 0.148. The van der Waals surface area contributed by atoms with Gasteiger partial charge in [-0.3, -0.25) is 19.2 Å². The molecule has 1 aliphatic heterocycles. The number of esters is 1. The molecule has 0 unspecified atom stereocenters. The summed E-state index contributed by atoms with van der Waals surface area (Å²) in [6, 6.07) is 7.14. The Morgan fingerprint density at radius 2 is 1.70 bits per heavy atom. The van der Waals surface area contributed by atoms with E-state index in [9.17, 15) is 37.1 Å². The molecule has 17 heteroatoms. The van der Waals surface area contributed by atoms with Crippen LogP contribution in [0.5, 0.6) is 0 Å². The van der Waals surface area contributed by atoms with Crippen molar-refractivity contribution < 1.29 is 41.8 Å². The molecule has 2 heterocycles. The summed E-state index contributed by atoms with van der Waals surface area (Å²) in [6.07, 6.45) is -5.44. The summed E-state index contributed by atoms with van der Waals surface area (Å²) in [5.74, 6) is -2.29. The number of hydrogen-bond donors (Lipinski definition) is 2. The van der Waals surface area contributed by atoms with Crippen molar-refractivity contribution in [1.82, 2.24) is 19.4 Å². The number of fused-ring (bicyclic) bond motifs is 1. The number of nitrogens with one attached hydrogen (secondary N) is 1. The minimum atomic E-state index is -4.68. The van der Waals surface area contributed by atoms with Gasteiger partial charge in [-0.15, -0.1) is 6.58 Å². The molecule has 0 saturated heterocycles. The van der Waals surface area contributed by atoms with Crippen molar-refractivity contribution in [3.8, 4) is 5.69 Å². The highest BCUT2D eigenvalue weighted by Gasteiger charge is 2.36. The molecule has 0 aliphatic carbocycles. The number of halogens is 4. The van der Waals surface area contributed by atoms with Crippen LogP contribution in [0.15, 0.2) is 64.4 Å². The molecule has 4 rings (SSSR count). The van der Waals surface area contributed by atoms with Crippen LogP contribution in [0.25, 0.3) is 5.69 Å². The highest BCUT2D eigenvalue weighted by Crippen LogP contribution is 2.36. The van der Waals surface area contributed by atoms with E-state index in [0.29, 0.717) is 16.2 Å². The first-order valence-corrected chi connectivity index (χ1v) is 17.3. The van der Waals surface area contributed by atoms with Crippen LogP contribution in [0.3, 0.4) is 0 Å². The normalized spacial score (nSPS) is 15.8. The maximum Gasteiger partial charge on any atom is 0.419 e. The van der Waals surface area contributed by atoms with Gasteiger partial charge < -0.3 is 25.4 Å². The summed E-state index contributed by atoms with van der Waals surface area (Å²) >= 11 is 2.90. The van der Waals surface area contributed by atoms with Crippen LogP contribution in [0, 0.1) is 5.92 Å². The van der Waals surface area contributed by atoms with Gasteiger partial charge in [0, 0.05) is 47.2 Å². The molecule has 1 aromatic heterocycles. The fourth-order valence-corrected chi connectivity index (χ4v) is 5.83. The molecule has 0 spiro atoms. The lowest BCUT2D eigenvalue weighted by Crippen LogP contribution is -2.46. The minimum Gasteiger partial charge on any atom is -0.424 e. The average Bonchev–Trinajstić information content (AvgIpc) is 3.10. The molecule has 3 N–H and O–H groups in total. The highest BCUT2D eigenvalue weighted by atomic mass is 79.9. The Hall–Kier alpha value is -5.03. The van der Waals surface area contributed by atoms with E-state index in [1.807, 2.05) is 0 Å². The second-order valence-corrected chi connectivity index (χ2v) is 13.8. The average molecular weight is 806 g/mol. The zero-order valence-corrected chi connectivity index (χ0v) is 31.4. The second-order valence-electron chi connectivity index (χ2n) is 12.9. The molecule has 0 radical (unpaired) electrons. The molecule has 1 aliphatic rings. The second kappa shape index (κ2) is 16.3. The zero-order chi connectivity index (χ0) is 39.5. The van der Waals surface area contributed by atoms with Crippen molar-refractivity contribution >= 4 is 45.8 Å². The molecule has 13 nitrogen and oxygen atoms in total. The summed E-state index contributed by atoms with van der Waals surface area (Å²) in [4.78, 5) is 72.3. The topological polar surface area (TPSA) is 166 Å². The van der Waals surface area contributed by atoms with E-state index in [4.69, 9.17) is 15.2 Å². The van der Waals surface area contributed by atoms with Crippen molar-refractivity contribution in [2.75, 3.05) is 12.4 Å².